The molecule has 18 heavy (non-hydrogen) atoms. The Hall–Kier alpha value is -1.91. The maximum atomic E-state index is 10.2. The van der Waals surface area contributed by atoms with Crippen LogP contribution in [0.4, 0.5) is 0 Å². The van der Waals surface area contributed by atoms with Gasteiger partial charge in [0.1, 0.15) is 23.8 Å². The molecule has 90 valence electrons. The average Bonchev–Trinajstić information content (AvgIpc) is 2.81. The van der Waals surface area contributed by atoms with Crippen molar-refractivity contribution in [3.63, 3.8) is 0 Å². The zero-order chi connectivity index (χ0) is 12.5. The summed E-state index contributed by atoms with van der Waals surface area (Å²) in [6, 6.07) is 7.07. The second-order valence-electron chi connectivity index (χ2n) is 3.91. The lowest BCUT2D eigenvalue weighted by atomic mass is 10.1. The van der Waals surface area contributed by atoms with E-state index in [0.717, 1.165) is 5.39 Å². The van der Waals surface area contributed by atoms with Gasteiger partial charge in [0.15, 0.2) is 0 Å². The van der Waals surface area contributed by atoms with Crippen LogP contribution in [0, 0.1) is 0 Å². The zero-order valence-corrected chi connectivity index (χ0v) is 10.0. The lowest BCUT2D eigenvalue weighted by molar-refractivity contribution is 0.191. The third kappa shape index (κ3) is 1.96. The highest BCUT2D eigenvalue weighted by Crippen LogP contribution is 2.29. The Labute approximate surface area is 108 Å². The normalized spacial score (nSPS) is 12.8. The summed E-state index contributed by atoms with van der Waals surface area (Å²) in [6.45, 7) is 0. The van der Waals surface area contributed by atoms with Crippen molar-refractivity contribution in [2.24, 2.45) is 0 Å². The number of aliphatic hydroxyl groups is 1. The minimum atomic E-state index is -0.877. The monoisotopic (exact) mass is 260 g/mol. The van der Waals surface area contributed by atoms with Crippen molar-refractivity contribution in [2.75, 3.05) is 0 Å². The Morgan fingerprint density at radius 2 is 1.94 bits per heavy atom. The molecule has 2 heterocycles. The number of aliphatic hydroxyl groups excluding tert-OH is 1. The van der Waals surface area contributed by atoms with Crippen molar-refractivity contribution in [1.82, 2.24) is 9.97 Å². The maximum Gasteiger partial charge on any atom is 0.140 e. The summed E-state index contributed by atoms with van der Waals surface area (Å²) in [5.74, 6) is 0.446. The van der Waals surface area contributed by atoms with Crippen molar-refractivity contribution in [2.45, 2.75) is 6.10 Å². The predicted octanol–water partition coefficient (Wildman–Crippen LogP) is 2.96. The number of fused-ring (bicyclic) bond motifs is 1. The van der Waals surface area contributed by atoms with Gasteiger partial charge in [-0.25, -0.2) is 9.97 Å². The summed E-state index contributed by atoms with van der Waals surface area (Å²) in [4.78, 5) is 7.73. The topological polar surface area (TPSA) is 59.2 Å². The fourth-order valence-corrected chi connectivity index (χ4v) is 1.97. The molecule has 0 aliphatic carbocycles. The molecule has 0 spiro atoms. The summed E-state index contributed by atoms with van der Waals surface area (Å²) in [5.41, 5.74) is 1.27. The van der Waals surface area contributed by atoms with Crippen LogP contribution in [0.15, 0.2) is 47.4 Å². The Balaban J connectivity index is 2.04. The molecule has 1 aromatic carbocycles. The van der Waals surface area contributed by atoms with Gasteiger partial charge < -0.3 is 9.52 Å². The van der Waals surface area contributed by atoms with Crippen molar-refractivity contribution in [3.05, 3.63) is 59.3 Å². The van der Waals surface area contributed by atoms with Gasteiger partial charge in [-0.05, 0) is 24.3 Å². The molecular weight excluding hydrogens is 252 g/mol. The molecule has 0 saturated heterocycles. The van der Waals surface area contributed by atoms with Crippen molar-refractivity contribution in [1.29, 1.82) is 0 Å². The number of nitrogens with zero attached hydrogens (tertiary/aromatic N) is 2. The fraction of sp³-hybridized carbons (Fsp3) is 0.0769. The molecule has 0 radical (unpaired) electrons. The highest BCUT2D eigenvalue weighted by atomic mass is 35.5. The number of halogens is 1. The lowest BCUT2D eigenvalue weighted by Crippen LogP contribution is -1.98. The summed E-state index contributed by atoms with van der Waals surface area (Å²) < 4.78 is 5.58. The van der Waals surface area contributed by atoms with Crippen LogP contribution in [-0.2, 0) is 0 Å². The highest BCUT2D eigenvalue weighted by Gasteiger charge is 2.16. The fourth-order valence-electron chi connectivity index (χ4n) is 1.79. The molecule has 4 nitrogen and oxygen atoms in total. The number of rotatable bonds is 2. The van der Waals surface area contributed by atoms with Gasteiger partial charge in [-0.2, -0.15) is 0 Å². The van der Waals surface area contributed by atoms with E-state index in [9.17, 15) is 5.11 Å². The lowest BCUT2D eigenvalue weighted by Gasteiger charge is -2.05. The van der Waals surface area contributed by atoms with Gasteiger partial charge in [-0.3, -0.25) is 0 Å². The van der Waals surface area contributed by atoms with Gasteiger partial charge in [0.05, 0.1) is 0 Å². The van der Waals surface area contributed by atoms with E-state index < -0.39 is 6.10 Å². The first kappa shape index (κ1) is 11.2. The van der Waals surface area contributed by atoms with Gasteiger partial charge in [0, 0.05) is 28.4 Å². The first-order valence-corrected chi connectivity index (χ1v) is 5.74. The second-order valence-corrected chi connectivity index (χ2v) is 4.34. The van der Waals surface area contributed by atoms with Crippen LogP contribution in [-0.4, -0.2) is 15.1 Å². The van der Waals surface area contributed by atoms with Gasteiger partial charge in [0.2, 0.25) is 0 Å². The molecule has 1 unspecified atom stereocenters. The van der Waals surface area contributed by atoms with E-state index in [4.69, 9.17) is 16.0 Å². The quantitative estimate of drug-likeness (QED) is 0.770. The van der Waals surface area contributed by atoms with Crippen molar-refractivity contribution < 1.29 is 9.52 Å². The van der Waals surface area contributed by atoms with Crippen molar-refractivity contribution >= 4 is 22.6 Å². The average molecular weight is 261 g/mol. The third-order valence-electron chi connectivity index (χ3n) is 2.66. The molecule has 2 aromatic heterocycles. The van der Waals surface area contributed by atoms with Gasteiger partial charge >= 0.3 is 0 Å². The summed E-state index contributed by atoms with van der Waals surface area (Å²) in [6.07, 6.45) is 3.64. The largest absolute Gasteiger partial charge is 0.458 e. The second kappa shape index (κ2) is 4.40. The van der Waals surface area contributed by atoms with E-state index in [2.05, 4.69) is 9.97 Å². The molecule has 0 aliphatic heterocycles. The summed E-state index contributed by atoms with van der Waals surface area (Å²) >= 11 is 5.90. The molecule has 0 saturated carbocycles. The predicted molar refractivity (Wildman–Crippen MR) is 67.3 cm³/mol. The van der Waals surface area contributed by atoms with Crippen LogP contribution < -0.4 is 0 Å². The Kier molecular flexibility index (Phi) is 2.74. The molecule has 5 heteroatoms. The third-order valence-corrected chi connectivity index (χ3v) is 2.90. The van der Waals surface area contributed by atoms with Gasteiger partial charge in [-0.15, -0.1) is 0 Å². The smallest absolute Gasteiger partial charge is 0.140 e. The minimum Gasteiger partial charge on any atom is -0.458 e. The molecule has 1 N–H and O–H groups in total. The first-order valence-electron chi connectivity index (χ1n) is 5.36. The molecule has 0 amide bonds. The standard InChI is InChI=1S/C13H9ClN2O2/c14-10-1-2-11-8(3-10)4-12(18-11)13(17)9-5-15-7-16-6-9/h1-7,13,17H. The molecule has 3 rings (SSSR count). The number of hydrogen-bond acceptors (Lipinski definition) is 4. The zero-order valence-electron chi connectivity index (χ0n) is 9.25. The van der Waals surface area contributed by atoms with Crippen LogP contribution in [0.2, 0.25) is 5.02 Å². The van der Waals surface area contributed by atoms with E-state index in [1.165, 1.54) is 6.33 Å². The molecule has 0 fully saturated rings. The van der Waals surface area contributed by atoms with Crippen molar-refractivity contribution in [3.8, 4) is 0 Å². The number of aromatic nitrogens is 2. The van der Waals surface area contributed by atoms with E-state index in [1.807, 2.05) is 0 Å². The number of furan rings is 1. The van der Waals surface area contributed by atoms with Crippen LogP contribution in [0.3, 0.4) is 0 Å². The van der Waals surface area contributed by atoms with Crippen LogP contribution in [0.25, 0.3) is 11.0 Å². The Bertz CT molecular complexity index is 682. The minimum absolute atomic E-state index is 0.446. The van der Waals surface area contributed by atoms with Crippen LogP contribution >= 0.6 is 11.6 Å². The van der Waals surface area contributed by atoms with E-state index in [-0.39, 0.29) is 0 Å². The molecule has 0 bridgehead atoms. The molecule has 1 atom stereocenters. The number of hydrogen-bond donors (Lipinski definition) is 1. The Morgan fingerprint density at radius 1 is 1.17 bits per heavy atom. The molecule has 0 aliphatic rings. The molecular formula is C13H9ClN2O2. The molecule has 3 aromatic rings. The summed E-state index contributed by atoms with van der Waals surface area (Å²) in [5, 5.41) is 11.6. The Morgan fingerprint density at radius 3 is 2.72 bits per heavy atom. The van der Waals surface area contributed by atoms with Gasteiger partial charge in [0.25, 0.3) is 0 Å². The summed E-state index contributed by atoms with van der Waals surface area (Å²) in [7, 11) is 0. The van der Waals surface area contributed by atoms with E-state index in [0.29, 0.717) is 21.9 Å². The van der Waals surface area contributed by atoms with Gasteiger partial charge in [-0.1, -0.05) is 11.6 Å². The highest BCUT2D eigenvalue weighted by molar-refractivity contribution is 6.31. The van der Waals surface area contributed by atoms with E-state index in [1.54, 1.807) is 36.7 Å². The van der Waals surface area contributed by atoms with Crippen LogP contribution in [0.1, 0.15) is 17.4 Å². The SMILES string of the molecule is OC(c1cncnc1)c1cc2cc(Cl)ccc2o1. The van der Waals surface area contributed by atoms with Crippen LogP contribution in [0.5, 0.6) is 0 Å². The van der Waals surface area contributed by atoms with E-state index >= 15 is 0 Å². The maximum absolute atomic E-state index is 10.2. The first-order chi connectivity index (χ1) is 8.74. The number of benzene rings is 1.